The SMILES string of the molecule is CCCCCCCCC=CCCCCCCCCC(CCCCCCCCC=CCCCCCCCC)(C(=O)O)C(CC(=O)O)OC(=O)CCCCCCCC=CCCCCCCCC. The van der Waals surface area contributed by atoms with E-state index in [1.807, 2.05) is 0 Å². The molecule has 6 heteroatoms. The fraction of sp³-hybridized carbons (Fsp3) is 0.847. The van der Waals surface area contributed by atoms with Crippen molar-refractivity contribution >= 4 is 17.9 Å². The van der Waals surface area contributed by atoms with E-state index in [-0.39, 0.29) is 6.42 Å². The van der Waals surface area contributed by atoms with Gasteiger partial charge in [-0.15, -0.1) is 0 Å². The molecule has 380 valence electrons. The van der Waals surface area contributed by atoms with E-state index >= 15 is 0 Å². The summed E-state index contributed by atoms with van der Waals surface area (Å²) in [5.74, 6) is -2.59. The zero-order valence-electron chi connectivity index (χ0n) is 43.4. The van der Waals surface area contributed by atoms with Crippen LogP contribution in [-0.2, 0) is 19.1 Å². The lowest BCUT2D eigenvalue weighted by Crippen LogP contribution is -2.46. The number of carbonyl (C=O) groups is 3. The second-order valence-electron chi connectivity index (χ2n) is 19.7. The van der Waals surface area contributed by atoms with Gasteiger partial charge < -0.3 is 14.9 Å². The molecule has 0 fully saturated rings. The van der Waals surface area contributed by atoms with Gasteiger partial charge in [0.1, 0.15) is 11.5 Å². The molecule has 0 radical (unpaired) electrons. The monoisotopic (exact) mass is 913 g/mol. The van der Waals surface area contributed by atoms with Crippen molar-refractivity contribution in [3.8, 4) is 0 Å². The highest BCUT2D eigenvalue weighted by atomic mass is 16.5. The maximum atomic E-state index is 13.3. The first kappa shape index (κ1) is 62.6. The average molecular weight is 914 g/mol. The Kier molecular flexibility index (Phi) is 47.7. The number of carboxylic acids is 2. The predicted molar refractivity (Wildman–Crippen MR) is 280 cm³/mol. The standard InChI is InChI=1S/C59H108O6/c1-4-7-10-13-16-19-22-25-28-31-34-37-40-43-46-49-52-59(58(63)64,53-50-47-44-41-38-35-32-29-26-23-20-17-14-11-8-5-2)55(54-56(60)61)65-57(62)51-48-45-42-39-36-33-30-27-24-21-18-15-12-9-6-3/h25-30,55H,4-24,31-54H2,1-3H3,(H,60,61)(H,63,64). The Labute approximate surface area is 403 Å². The van der Waals surface area contributed by atoms with Crippen molar-refractivity contribution in [1.29, 1.82) is 0 Å². The van der Waals surface area contributed by atoms with Gasteiger partial charge in [0, 0.05) is 6.42 Å². The van der Waals surface area contributed by atoms with Gasteiger partial charge in [-0.05, 0) is 96.3 Å². The highest BCUT2D eigenvalue weighted by Crippen LogP contribution is 2.40. The first-order valence-corrected chi connectivity index (χ1v) is 28.4. The Hall–Kier alpha value is -2.37. The lowest BCUT2D eigenvalue weighted by atomic mass is 9.72. The molecule has 0 heterocycles. The van der Waals surface area contributed by atoms with Crippen LogP contribution < -0.4 is 0 Å². The molecule has 0 aromatic rings. The average Bonchev–Trinajstić information content (AvgIpc) is 3.28. The fourth-order valence-corrected chi connectivity index (χ4v) is 9.24. The van der Waals surface area contributed by atoms with Gasteiger partial charge >= 0.3 is 17.9 Å². The molecule has 0 aliphatic carbocycles. The molecule has 0 rings (SSSR count). The van der Waals surface area contributed by atoms with E-state index in [2.05, 4.69) is 57.2 Å². The second kappa shape index (κ2) is 49.5. The smallest absolute Gasteiger partial charge is 0.313 e. The molecule has 0 bridgehead atoms. The Balaban J connectivity index is 5.01. The predicted octanol–water partition coefficient (Wildman–Crippen LogP) is 19.3. The van der Waals surface area contributed by atoms with Gasteiger partial charge in [-0.3, -0.25) is 14.4 Å². The van der Waals surface area contributed by atoms with Crippen molar-refractivity contribution in [2.24, 2.45) is 5.41 Å². The van der Waals surface area contributed by atoms with Crippen LogP contribution in [0.2, 0.25) is 0 Å². The lowest BCUT2D eigenvalue weighted by molar-refractivity contribution is -0.174. The number of ether oxygens (including phenoxy) is 1. The summed E-state index contributed by atoms with van der Waals surface area (Å²) in [6.07, 6.45) is 61.2. The summed E-state index contributed by atoms with van der Waals surface area (Å²) in [6, 6.07) is 0. The molecular formula is C59H108O6. The zero-order valence-corrected chi connectivity index (χ0v) is 43.4. The lowest BCUT2D eigenvalue weighted by Gasteiger charge is -2.36. The van der Waals surface area contributed by atoms with E-state index in [1.165, 1.54) is 148 Å². The number of rotatable bonds is 52. The number of unbranched alkanes of at least 4 members (excludes halogenated alkanes) is 35. The quantitative estimate of drug-likeness (QED) is 0.0358. The Morgan fingerprint density at radius 1 is 0.385 bits per heavy atom. The van der Waals surface area contributed by atoms with Crippen LogP contribution in [0.5, 0.6) is 0 Å². The van der Waals surface area contributed by atoms with Gasteiger partial charge in [0.05, 0.1) is 6.42 Å². The van der Waals surface area contributed by atoms with Gasteiger partial charge in [-0.2, -0.15) is 0 Å². The van der Waals surface area contributed by atoms with Crippen LogP contribution in [0.25, 0.3) is 0 Å². The summed E-state index contributed by atoms with van der Waals surface area (Å²) in [4.78, 5) is 38.8. The number of carbonyl (C=O) groups excluding carboxylic acids is 1. The van der Waals surface area contributed by atoms with Crippen molar-refractivity contribution in [2.45, 2.75) is 316 Å². The summed E-state index contributed by atoms with van der Waals surface area (Å²) in [6.45, 7) is 6.78. The molecule has 0 aliphatic heterocycles. The third kappa shape index (κ3) is 41.5. The van der Waals surface area contributed by atoms with Gasteiger partial charge in [0.15, 0.2) is 0 Å². The summed E-state index contributed by atoms with van der Waals surface area (Å²) >= 11 is 0. The third-order valence-corrected chi connectivity index (χ3v) is 13.6. The van der Waals surface area contributed by atoms with Crippen LogP contribution in [0.3, 0.4) is 0 Å². The molecule has 0 spiro atoms. The molecule has 0 saturated heterocycles. The van der Waals surface area contributed by atoms with E-state index in [4.69, 9.17) is 4.74 Å². The summed E-state index contributed by atoms with van der Waals surface area (Å²) in [5, 5.41) is 20.9. The highest BCUT2D eigenvalue weighted by molar-refractivity contribution is 5.79. The second-order valence-corrected chi connectivity index (χ2v) is 19.7. The molecule has 0 saturated carbocycles. The minimum atomic E-state index is -1.39. The molecular weight excluding hydrogens is 805 g/mol. The maximum absolute atomic E-state index is 13.3. The van der Waals surface area contributed by atoms with E-state index in [0.29, 0.717) is 32.1 Å². The van der Waals surface area contributed by atoms with Crippen LogP contribution in [-0.4, -0.2) is 34.2 Å². The molecule has 0 aromatic heterocycles. The summed E-state index contributed by atoms with van der Waals surface area (Å²) in [7, 11) is 0. The van der Waals surface area contributed by atoms with Gasteiger partial charge in [-0.1, -0.05) is 237 Å². The van der Waals surface area contributed by atoms with Crippen molar-refractivity contribution in [2.75, 3.05) is 0 Å². The Bertz CT molecular complexity index is 1100. The van der Waals surface area contributed by atoms with Crippen LogP contribution in [0, 0.1) is 5.41 Å². The largest absolute Gasteiger partial charge is 0.481 e. The van der Waals surface area contributed by atoms with Crippen molar-refractivity contribution in [3.05, 3.63) is 36.5 Å². The minimum Gasteiger partial charge on any atom is -0.481 e. The molecule has 0 aromatic carbocycles. The maximum Gasteiger partial charge on any atom is 0.313 e. The van der Waals surface area contributed by atoms with Gasteiger partial charge in [0.2, 0.25) is 0 Å². The van der Waals surface area contributed by atoms with Gasteiger partial charge in [0.25, 0.3) is 0 Å². The van der Waals surface area contributed by atoms with E-state index in [0.717, 1.165) is 96.3 Å². The Morgan fingerprint density at radius 3 is 0.923 bits per heavy atom. The van der Waals surface area contributed by atoms with Crippen LogP contribution in [0.4, 0.5) is 0 Å². The molecule has 0 amide bonds. The van der Waals surface area contributed by atoms with Crippen molar-refractivity contribution in [3.63, 3.8) is 0 Å². The topological polar surface area (TPSA) is 101 Å². The molecule has 1 atom stereocenters. The number of hydrogen-bond acceptors (Lipinski definition) is 4. The van der Waals surface area contributed by atoms with Crippen LogP contribution in [0.1, 0.15) is 310 Å². The third-order valence-electron chi connectivity index (χ3n) is 13.6. The minimum absolute atomic E-state index is 0.201. The Morgan fingerprint density at radius 2 is 0.646 bits per heavy atom. The number of carboxylic acid groups (broad SMARTS) is 2. The number of esters is 1. The molecule has 1 unspecified atom stereocenters. The van der Waals surface area contributed by atoms with Gasteiger partial charge in [-0.25, -0.2) is 0 Å². The fourth-order valence-electron chi connectivity index (χ4n) is 9.24. The summed E-state index contributed by atoms with van der Waals surface area (Å²) < 4.78 is 5.94. The van der Waals surface area contributed by atoms with E-state index in [9.17, 15) is 24.6 Å². The van der Waals surface area contributed by atoms with Crippen LogP contribution in [0.15, 0.2) is 36.5 Å². The molecule has 6 nitrogen and oxygen atoms in total. The summed E-state index contributed by atoms with van der Waals surface area (Å²) in [5.41, 5.74) is -1.39. The van der Waals surface area contributed by atoms with E-state index < -0.39 is 35.8 Å². The first-order valence-electron chi connectivity index (χ1n) is 28.4. The van der Waals surface area contributed by atoms with Crippen molar-refractivity contribution < 1.29 is 29.3 Å². The highest BCUT2D eigenvalue weighted by Gasteiger charge is 2.48. The number of aliphatic carboxylic acids is 2. The molecule has 65 heavy (non-hydrogen) atoms. The number of allylic oxidation sites excluding steroid dienone is 6. The van der Waals surface area contributed by atoms with Crippen molar-refractivity contribution in [1.82, 2.24) is 0 Å². The zero-order chi connectivity index (χ0) is 47.6. The van der Waals surface area contributed by atoms with E-state index in [1.54, 1.807) is 0 Å². The normalized spacial score (nSPS) is 13.3. The first-order chi connectivity index (χ1) is 31.8. The number of hydrogen-bond donors (Lipinski definition) is 2. The van der Waals surface area contributed by atoms with Crippen LogP contribution >= 0.6 is 0 Å². The molecule has 0 aliphatic rings. The molecule has 2 N–H and O–H groups in total.